The molecule has 0 radical (unpaired) electrons. The van der Waals surface area contributed by atoms with Crippen LogP contribution in [0.2, 0.25) is 0 Å². The Balaban J connectivity index is 1.67. The van der Waals surface area contributed by atoms with Gasteiger partial charge in [0.1, 0.15) is 0 Å². The van der Waals surface area contributed by atoms with E-state index in [2.05, 4.69) is 40.7 Å². The van der Waals surface area contributed by atoms with Gasteiger partial charge < -0.3 is 15.5 Å². The van der Waals surface area contributed by atoms with Gasteiger partial charge in [-0.15, -0.1) is 0 Å². The molecule has 2 heterocycles. The van der Waals surface area contributed by atoms with Crippen LogP contribution in [0.15, 0.2) is 41.5 Å². The van der Waals surface area contributed by atoms with Crippen molar-refractivity contribution < 1.29 is 4.79 Å². The summed E-state index contributed by atoms with van der Waals surface area (Å²) in [6.07, 6.45) is 2.76. The molecule has 1 amide bonds. The fourth-order valence-corrected chi connectivity index (χ4v) is 3.42. The Morgan fingerprint density at radius 2 is 2.15 bits per heavy atom. The van der Waals surface area contributed by atoms with E-state index < -0.39 is 0 Å². The highest BCUT2D eigenvalue weighted by Crippen LogP contribution is 2.17. The fourth-order valence-electron chi connectivity index (χ4n) is 3.42. The highest BCUT2D eigenvalue weighted by Gasteiger charge is 2.27. The summed E-state index contributed by atoms with van der Waals surface area (Å²) in [5.41, 5.74) is 2.10. The number of carbonyl (C=O) groups excluding carboxylic acids is 1. The summed E-state index contributed by atoms with van der Waals surface area (Å²) >= 11 is 0. The second-order valence-corrected chi connectivity index (χ2v) is 7.26. The van der Waals surface area contributed by atoms with Crippen molar-refractivity contribution in [1.82, 2.24) is 20.5 Å². The average Bonchev–Trinajstić information content (AvgIpc) is 3.14. The van der Waals surface area contributed by atoms with Gasteiger partial charge in [-0.2, -0.15) is 0 Å². The molecule has 0 bridgehead atoms. The van der Waals surface area contributed by atoms with E-state index in [4.69, 9.17) is 4.99 Å². The van der Waals surface area contributed by atoms with Crippen molar-refractivity contribution in [3.05, 3.63) is 42.1 Å². The number of hydrogen-bond acceptors (Lipinski definition) is 3. The molecule has 6 nitrogen and oxygen atoms in total. The molecule has 1 aromatic heterocycles. The first-order valence-corrected chi connectivity index (χ1v) is 9.74. The number of pyridine rings is 1. The Morgan fingerprint density at radius 3 is 2.93 bits per heavy atom. The number of carbonyl (C=O) groups is 1. The minimum absolute atomic E-state index is 0.0458. The lowest BCUT2D eigenvalue weighted by Gasteiger charge is -2.20. The van der Waals surface area contributed by atoms with Crippen LogP contribution in [0.3, 0.4) is 0 Å². The van der Waals surface area contributed by atoms with Gasteiger partial charge in [0.25, 0.3) is 0 Å². The zero-order chi connectivity index (χ0) is 19.2. The molecule has 27 heavy (non-hydrogen) atoms. The van der Waals surface area contributed by atoms with E-state index in [-0.39, 0.29) is 17.9 Å². The van der Waals surface area contributed by atoms with E-state index in [1.165, 1.54) is 0 Å². The molecule has 0 saturated carbocycles. The minimum Gasteiger partial charge on any atom is -0.357 e. The number of para-hydroxylation sites is 1. The van der Waals surface area contributed by atoms with Crippen molar-refractivity contribution in [2.24, 2.45) is 10.9 Å². The van der Waals surface area contributed by atoms with Gasteiger partial charge in [-0.05, 0) is 25.0 Å². The second-order valence-electron chi connectivity index (χ2n) is 7.26. The molecule has 1 unspecified atom stereocenters. The highest BCUT2D eigenvalue weighted by molar-refractivity contribution is 5.83. The van der Waals surface area contributed by atoms with Crippen LogP contribution in [-0.2, 0) is 11.3 Å². The Morgan fingerprint density at radius 1 is 1.33 bits per heavy atom. The Kier molecular flexibility index (Phi) is 6.27. The third kappa shape index (κ3) is 4.76. The number of benzene rings is 1. The number of rotatable bonds is 5. The molecule has 2 aromatic rings. The molecule has 1 aromatic carbocycles. The molecule has 1 fully saturated rings. The molecular weight excluding hydrogens is 338 g/mol. The first-order valence-electron chi connectivity index (χ1n) is 9.74. The van der Waals surface area contributed by atoms with Crippen LogP contribution in [0.5, 0.6) is 0 Å². The topological polar surface area (TPSA) is 69.6 Å². The Hall–Kier alpha value is -2.63. The normalized spacial score (nSPS) is 17.6. The van der Waals surface area contributed by atoms with Gasteiger partial charge in [0.15, 0.2) is 5.96 Å². The average molecular weight is 367 g/mol. The molecule has 1 atom stereocenters. The van der Waals surface area contributed by atoms with Gasteiger partial charge in [-0.3, -0.25) is 9.78 Å². The van der Waals surface area contributed by atoms with E-state index in [0.717, 1.165) is 48.5 Å². The summed E-state index contributed by atoms with van der Waals surface area (Å²) in [5.74, 6) is 1.06. The van der Waals surface area contributed by atoms with Gasteiger partial charge in [0, 0.05) is 43.2 Å². The van der Waals surface area contributed by atoms with Crippen LogP contribution in [0.25, 0.3) is 10.9 Å². The summed E-state index contributed by atoms with van der Waals surface area (Å²) in [5, 5.41) is 7.92. The minimum atomic E-state index is 0.0458. The van der Waals surface area contributed by atoms with E-state index in [0.29, 0.717) is 6.54 Å². The van der Waals surface area contributed by atoms with Gasteiger partial charge in [0.2, 0.25) is 5.91 Å². The molecular formula is C21H29N5O. The van der Waals surface area contributed by atoms with E-state index >= 15 is 0 Å². The number of fused-ring (bicyclic) bond motifs is 1. The lowest BCUT2D eigenvalue weighted by Crippen LogP contribution is -2.45. The number of guanidine groups is 1. The zero-order valence-electron chi connectivity index (χ0n) is 16.4. The smallest absolute Gasteiger partial charge is 0.225 e. The maximum absolute atomic E-state index is 12.2. The molecule has 2 N–H and O–H groups in total. The van der Waals surface area contributed by atoms with E-state index in [9.17, 15) is 4.79 Å². The van der Waals surface area contributed by atoms with Gasteiger partial charge in [-0.1, -0.05) is 38.1 Å². The zero-order valence-corrected chi connectivity index (χ0v) is 16.4. The molecule has 144 valence electrons. The largest absolute Gasteiger partial charge is 0.357 e. The van der Waals surface area contributed by atoms with Crippen molar-refractivity contribution in [3.63, 3.8) is 0 Å². The van der Waals surface area contributed by atoms with Crippen molar-refractivity contribution in [2.75, 3.05) is 19.6 Å². The van der Waals surface area contributed by atoms with Crippen LogP contribution >= 0.6 is 0 Å². The molecule has 1 aliphatic rings. The van der Waals surface area contributed by atoms with Crippen LogP contribution < -0.4 is 10.6 Å². The predicted octanol–water partition coefficient (Wildman–Crippen LogP) is 2.55. The molecule has 0 aliphatic carbocycles. The van der Waals surface area contributed by atoms with Crippen LogP contribution in [0, 0.1) is 5.92 Å². The predicted molar refractivity (Wildman–Crippen MR) is 110 cm³/mol. The van der Waals surface area contributed by atoms with Crippen LogP contribution in [0.4, 0.5) is 0 Å². The van der Waals surface area contributed by atoms with Crippen molar-refractivity contribution in [1.29, 1.82) is 0 Å². The standard InChI is InChI=1S/C21H29N5O/c1-4-22-21(25-18-10-12-26(14-18)20(27)15(2)3)24-13-17-8-5-7-16-9-6-11-23-19(16)17/h5-9,11,15,18H,4,10,12-14H2,1-3H3,(H2,22,24,25). The van der Waals surface area contributed by atoms with Crippen molar-refractivity contribution >= 4 is 22.8 Å². The third-order valence-corrected chi connectivity index (χ3v) is 4.80. The fraction of sp³-hybridized carbons (Fsp3) is 0.476. The first kappa shape index (κ1) is 19.1. The molecule has 1 aliphatic heterocycles. The van der Waals surface area contributed by atoms with E-state index in [1.54, 1.807) is 0 Å². The molecule has 1 saturated heterocycles. The maximum atomic E-state index is 12.2. The van der Waals surface area contributed by atoms with Gasteiger partial charge >= 0.3 is 0 Å². The Labute approximate surface area is 161 Å². The highest BCUT2D eigenvalue weighted by atomic mass is 16.2. The van der Waals surface area contributed by atoms with Crippen molar-refractivity contribution in [3.8, 4) is 0 Å². The number of likely N-dealkylation sites (tertiary alicyclic amines) is 1. The summed E-state index contributed by atoms with van der Waals surface area (Å²) in [7, 11) is 0. The number of nitrogens with one attached hydrogen (secondary N) is 2. The van der Waals surface area contributed by atoms with Gasteiger partial charge in [-0.25, -0.2) is 4.99 Å². The lowest BCUT2D eigenvalue weighted by atomic mass is 10.1. The maximum Gasteiger partial charge on any atom is 0.225 e. The summed E-state index contributed by atoms with van der Waals surface area (Å²) in [4.78, 5) is 23.4. The molecule has 0 spiro atoms. The third-order valence-electron chi connectivity index (χ3n) is 4.80. The second kappa shape index (κ2) is 8.84. The number of aromatic nitrogens is 1. The number of aliphatic imine (C=N–C) groups is 1. The Bertz CT molecular complexity index is 812. The number of amides is 1. The summed E-state index contributed by atoms with van der Waals surface area (Å²) in [6.45, 7) is 8.85. The SMILES string of the molecule is CCNC(=NCc1cccc2cccnc12)NC1CCN(C(=O)C(C)C)C1. The quantitative estimate of drug-likeness (QED) is 0.629. The number of hydrogen-bond donors (Lipinski definition) is 2. The molecule has 6 heteroatoms. The molecule has 3 rings (SSSR count). The summed E-state index contributed by atoms with van der Waals surface area (Å²) in [6, 6.07) is 10.4. The van der Waals surface area contributed by atoms with Crippen LogP contribution in [0.1, 0.15) is 32.8 Å². The summed E-state index contributed by atoms with van der Waals surface area (Å²) < 4.78 is 0. The first-order chi connectivity index (χ1) is 13.1. The van der Waals surface area contributed by atoms with Crippen molar-refractivity contribution in [2.45, 2.75) is 39.8 Å². The van der Waals surface area contributed by atoms with Crippen LogP contribution in [-0.4, -0.2) is 47.4 Å². The number of nitrogens with zero attached hydrogens (tertiary/aromatic N) is 3. The lowest BCUT2D eigenvalue weighted by molar-refractivity contribution is -0.133. The van der Waals surface area contributed by atoms with Gasteiger partial charge in [0.05, 0.1) is 12.1 Å². The van der Waals surface area contributed by atoms with E-state index in [1.807, 2.05) is 37.1 Å². The monoisotopic (exact) mass is 367 g/mol.